The van der Waals surface area contributed by atoms with Crippen LogP contribution in [-0.2, 0) is 0 Å². The van der Waals surface area contributed by atoms with E-state index >= 15 is 0 Å². The highest BCUT2D eigenvalue weighted by Gasteiger charge is 2.27. The van der Waals surface area contributed by atoms with Crippen LogP contribution in [0.5, 0.6) is 0 Å². The molecule has 134 valence electrons. The number of hydrogen-bond donors (Lipinski definition) is 1. The first-order valence-corrected chi connectivity index (χ1v) is 8.73. The highest BCUT2D eigenvalue weighted by molar-refractivity contribution is 5.97. The van der Waals surface area contributed by atoms with Crippen LogP contribution in [0.4, 0.5) is 5.82 Å². The molecule has 0 saturated carbocycles. The van der Waals surface area contributed by atoms with Crippen LogP contribution in [0.25, 0.3) is 11.1 Å². The van der Waals surface area contributed by atoms with Crippen LogP contribution in [0.15, 0.2) is 47.0 Å². The normalized spacial score (nSPS) is 16.7. The second-order valence-electron chi connectivity index (χ2n) is 6.46. The molecule has 1 aliphatic heterocycles. The maximum atomic E-state index is 11.6. The smallest absolute Gasteiger partial charge is 0.252 e. The number of carbonyl (C=O) groups excluding carboxylic acids is 1. The number of anilines is 1. The molecule has 2 N–H and O–H groups in total. The minimum Gasteiger partial charge on any atom is -0.439 e. The van der Waals surface area contributed by atoms with Crippen molar-refractivity contribution in [3.05, 3.63) is 54.0 Å². The fourth-order valence-corrected chi connectivity index (χ4v) is 3.39. The summed E-state index contributed by atoms with van der Waals surface area (Å²) in [4.78, 5) is 25.0. The van der Waals surface area contributed by atoms with Gasteiger partial charge in [0, 0.05) is 32.4 Å². The predicted molar refractivity (Wildman–Crippen MR) is 99.0 cm³/mol. The summed E-state index contributed by atoms with van der Waals surface area (Å²) < 4.78 is 5.91. The molecule has 1 aliphatic rings. The van der Waals surface area contributed by atoms with Crippen molar-refractivity contribution in [2.75, 3.05) is 31.1 Å². The Balaban J connectivity index is 1.47. The molecule has 0 spiro atoms. The standard InChI is InChI=1S/C19H21N5O2/c1-13(19-22-15-6-2-3-7-16(15)26-19)23-9-11-24(12-10-23)18-14(17(20)25)5-4-8-21-18/h2-8,13H,9-12H2,1H3,(H2,20,25). The molecule has 1 aromatic carbocycles. The Kier molecular flexibility index (Phi) is 4.30. The summed E-state index contributed by atoms with van der Waals surface area (Å²) in [5.74, 6) is 0.944. The van der Waals surface area contributed by atoms with Crippen molar-refractivity contribution in [3.63, 3.8) is 0 Å². The maximum Gasteiger partial charge on any atom is 0.252 e. The van der Waals surface area contributed by atoms with Gasteiger partial charge in [-0.15, -0.1) is 0 Å². The highest BCUT2D eigenvalue weighted by atomic mass is 16.3. The number of carbonyl (C=O) groups is 1. The molecule has 1 atom stereocenters. The van der Waals surface area contributed by atoms with Crippen LogP contribution in [0, 0.1) is 0 Å². The van der Waals surface area contributed by atoms with Crippen LogP contribution in [-0.4, -0.2) is 47.0 Å². The summed E-state index contributed by atoms with van der Waals surface area (Å²) in [6.07, 6.45) is 1.69. The molecule has 26 heavy (non-hydrogen) atoms. The van der Waals surface area contributed by atoms with Gasteiger partial charge in [-0.2, -0.15) is 0 Å². The van der Waals surface area contributed by atoms with Gasteiger partial charge in [0.1, 0.15) is 11.3 Å². The lowest BCUT2D eigenvalue weighted by Gasteiger charge is -2.37. The molecule has 0 radical (unpaired) electrons. The minimum absolute atomic E-state index is 0.0869. The van der Waals surface area contributed by atoms with E-state index in [2.05, 4.69) is 26.7 Å². The van der Waals surface area contributed by atoms with Gasteiger partial charge in [0.15, 0.2) is 5.58 Å². The number of nitrogens with two attached hydrogens (primary N) is 1. The largest absolute Gasteiger partial charge is 0.439 e. The Hall–Kier alpha value is -2.93. The van der Waals surface area contributed by atoms with Gasteiger partial charge in [-0.25, -0.2) is 9.97 Å². The molecule has 7 nitrogen and oxygen atoms in total. The van der Waals surface area contributed by atoms with Crippen LogP contribution in [0.3, 0.4) is 0 Å². The summed E-state index contributed by atoms with van der Waals surface area (Å²) in [6, 6.07) is 11.3. The number of aromatic nitrogens is 2. The first-order chi connectivity index (χ1) is 12.6. The van der Waals surface area contributed by atoms with Crippen molar-refractivity contribution in [3.8, 4) is 0 Å². The van der Waals surface area contributed by atoms with E-state index in [1.807, 2.05) is 24.3 Å². The molecule has 0 aliphatic carbocycles. The zero-order valence-corrected chi connectivity index (χ0v) is 14.6. The van der Waals surface area contributed by atoms with Crippen molar-refractivity contribution in [1.82, 2.24) is 14.9 Å². The highest BCUT2D eigenvalue weighted by Crippen LogP contribution is 2.26. The number of benzene rings is 1. The number of nitrogens with zero attached hydrogens (tertiary/aromatic N) is 4. The second kappa shape index (κ2) is 6.76. The Morgan fingerprint density at radius 2 is 1.92 bits per heavy atom. The number of primary amides is 1. The van der Waals surface area contributed by atoms with Crippen molar-refractivity contribution in [1.29, 1.82) is 0 Å². The summed E-state index contributed by atoms with van der Waals surface area (Å²) >= 11 is 0. The molecule has 3 heterocycles. The first kappa shape index (κ1) is 16.5. The number of amides is 1. The number of fused-ring (bicyclic) bond motifs is 1. The summed E-state index contributed by atoms with van der Waals surface area (Å²) in [6.45, 7) is 5.29. The van der Waals surface area contributed by atoms with Crippen molar-refractivity contribution in [2.24, 2.45) is 5.73 Å². The van der Waals surface area contributed by atoms with E-state index in [1.165, 1.54) is 0 Å². The van der Waals surface area contributed by atoms with Gasteiger partial charge in [0.05, 0.1) is 11.6 Å². The minimum atomic E-state index is -0.449. The van der Waals surface area contributed by atoms with Crippen LogP contribution < -0.4 is 10.6 Å². The van der Waals surface area contributed by atoms with Gasteiger partial charge in [-0.3, -0.25) is 9.69 Å². The Labute approximate surface area is 151 Å². The zero-order valence-electron chi connectivity index (χ0n) is 14.6. The van der Waals surface area contributed by atoms with E-state index in [4.69, 9.17) is 10.2 Å². The molecule has 1 amide bonds. The van der Waals surface area contributed by atoms with Gasteiger partial charge in [-0.1, -0.05) is 12.1 Å². The monoisotopic (exact) mass is 351 g/mol. The summed E-state index contributed by atoms with van der Waals surface area (Å²) in [7, 11) is 0. The van der Waals surface area contributed by atoms with Gasteiger partial charge in [0.2, 0.25) is 5.89 Å². The summed E-state index contributed by atoms with van der Waals surface area (Å²) in [5, 5.41) is 0. The third-order valence-electron chi connectivity index (χ3n) is 4.88. The number of oxazole rings is 1. The molecule has 3 aromatic rings. The fraction of sp³-hybridized carbons (Fsp3) is 0.316. The average Bonchev–Trinajstić information content (AvgIpc) is 3.12. The van der Waals surface area contributed by atoms with E-state index in [9.17, 15) is 4.79 Å². The molecular weight excluding hydrogens is 330 g/mol. The predicted octanol–water partition coefficient (Wildman–Crippen LogP) is 2.20. The SMILES string of the molecule is CC(c1nc2ccccc2o1)N1CCN(c2ncccc2C(N)=O)CC1. The zero-order chi connectivity index (χ0) is 18.1. The van der Waals surface area contributed by atoms with Crippen LogP contribution in [0.1, 0.15) is 29.2 Å². The van der Waals surface area contributed by atoms with Gasteiger partial charge >= 0.3 is 0 Å². The Morgan fingerprint density at radius 3 is 2.65 bits per heavy atom. The third-order valence-corrected chi connectivity index (χ3v) is 4.88. The molecule has 1 fully saturated rings. The van der Waals surface area contributed by atoms with Crippen molar-refractivity contribution in [2.45, 2.75) is 13.0 Å². The number of rotatable bonds is 4. The third kappa shape index (κ3) is 3.01. The lowest BCUT2D eigenvalue weighted by Crippen LogP contribution is -2.48. The van der Waals surface area contributed by atoms with Gasteiger partial charge in [0.25, 0.3) is 5.91 Å². The first-order valence-electron chi connectivity index (χ1n) is 8.73. The van der Waals surface area contributed by atoms with E-state index < -0.39 is 5.91 Å². The van der Waals surface area contributed by atoms with Crippen LogP contribution >= 0.6 is 0 Å². The fourth-order valence-electron chi connectivity index (χ4n) is 3.39. The molecule has 2 aromatic heterocycles. The lowest BCUT2D eigenvalue weighted by atomic mass is 10.2. The molecule has 7 heteroatoms. The molecule has 4 rings (SSSR count). The Morgan fingerprint density at radius 1 is 1.15 bits per heavy atom. The maximum absolute atomic E-state index is 11.6. The van der Waals surface area contributed by atoms with Crippen molar-refractivity contribution >= 4 is 22.8 Å². The van der Waals surface area contributed by atoms with E-state index in [1.54, 1.807) is 18.3 Å². The lowest BCUT2D eigenvalue weighted by molar-refractivity contribution is 0.1000. The number of para-hydroxylation sites is 2. The molecular formula is C19H21N5O2. The molecule has 1 saturated heterocycles. The Bertz CT molecular complexity index is 897. The topological polar surface area (TPSA) is 88.5 Å². The van der Waals surface area contributed by atoms with Crippen LogP contribution in [0.2, 0.25) is 0 Å². The summed E-state index contributed by atoms with van der Waals surface area (Å²) in [5.41, 5.74) is 7.63. The number of piperazine rings is 1. The van der Waals surface area contributed by atoms with Crippen molar-refractivity contribution < 1.29 is 9.21 Å². The second-order valence-corrected chi connectivity index (χ2v) is 6.46. The quantitative estimate of drug-likeness (QED) is 0.775. The van der Waals surface area contributed by atoms with E-state index in [0.29, 0.717) is 11.4 Å². The molecule has 0 bridgehead atoms. The van der Waals surface area contributed by atoms with E-state index in [0.717, 1.165) is 43.2 Å². The van der Waals surface area contributed by atoms with Gasteiger partial charge < -0.3 is 15.1 Å². The number of hydrogen-bond acceptors (Lipinski definition) is 6. The van der Waals surface area contributed by atoms with E-state index in [-0.39, 0.29) is 6.04 Å². The molecule has 1 unspecified atom stereocenters. The average molecular weight is 351 g/mol. The van der Waals surface area contributed by atoms with Gasteiger partial charge in [-0.05, 0) is 31.2 Å². The number of pyridine rings is 1.